The van der Waals surface area contributed by atoms with Gasteiger partial charge in [-0.3, -0.25) is 4.68 Å². The van der Waals surface area contributed by atoms with Crippen LogP contribution in [0.1, 0.15) is 5.56 Å². The minimum absolute atomic E-state index is 0.580. The number of halogens is 2. The number of rotatable bonds is 2. The molecule has 2 rings (SSSR count). The second-order valence-corrected chi connectivity index (χ2v) is 4.49. The first kappa shape index (κ1) is 10.5. The molecule has 5 heteroatoms. The van der Waals surface area contributed by atoms with E-state index >= 15 is 0 Å². The van der Waals surface area contributed by atoms with E-state index in [1.54, 1.807) is 10.9 Å². The van der Waals surface area contributed by atoms with E-state index in [4.69, 9.17) is 17.3 Å². The molecule has 0 amide bonds. The van der Waals surface area contributed by atoms with Gasteiger partial charge in [-0.05, 0) is 28.1 Å². The number of hydrogen-bond acceptors (Lipinski definition) is 2. The Balaban J connectivity index is 2.31. The third-order valence-corrected chi connectivity index (χ3v) is 2.84. The fourth-order valence-corrected chi connectivity index (χ4v) is 1.90. The summed E-state index contributed by atoms with van der Waals surface area (Å²) in [4.78, 5) is 0. The number of nitrogens with two attached hydrogens (primary N) is 1. The molecule has 0 aliphatic carbocycles. The number of anilines is 1. The smallest absolute Gasteiger partial charge is 0.0694 e. The van der Waals surface area contributed by atoms with Crippen LogP contribution in [0.3, 0.4) is 0 Å². The van der Waals surface area contributed by atoms with Crippen molar-refractivity contribution in [3.05, 3.63) is 45.7 Å². The van der Waals surface area contributed by atoms with Gasteiger partial charge in [0, 0.05) is 22.5 Å². The lowest BCUT2D eigenvalue weighted by Crippen LogP contribution is -2.03. The van der Waals surface area contributed by atoms with Crippen molar-refractivity contribution >= 4 is 33.2 Å². The monoisotopic (exact) mass is 285 g/mol. The van der Waals surface area contributed by atoms with Crippen LogP contribution in [0.25, 0.3) is 0 Å². The predicted octanol–water partition coefficient (Wildman–Crippen LogP) is 2.93. The molecular weight excluding hydrogens is 277 g/mol. The van der Waals surface area contributed by atoms with Gasteiger partial charge in [-0.25, -0.2) is 0 Å². The molecule has 3 nitrogen and oxygen atoms in total. The van der Waals surface area contributed by atoms with Crippen molar-refractivity contribution in [3.8, 4) is 0 Å². The normalized spacial score (nSPS) is 10.5. The Labute approximate surface area is 101 Å². The van der Waals surface area contributed by atoms with Gasteiger partial charge in [0.15, 0.2) is 0 Å². The molecule has 78 valence electrons. The van der Waals surface area contributed by atoms with Crippen LogP contribution in [0.4, 0.5) is 5.69 Å². The molecule has 1 aromatic carbocycles. The zero-order valence-corrected chi connectivity index (χ0v) is 10.2. The molecule has 15 heavy (non-hydrogen) atoms. The van der Waals surface area contributed by atoms with Crippen molar-refractivity contribution < 1.29 is 0 Å². The van der Waals surface area contributed by atoms with Gasteiger partial charge in [0.1, 0.15) is 0 Å². The van der Waals surface area contributed by atoms with Gasteiger partial charge in [0.2, 0.25) is 0 Å². The van der Waals surface area contributed by atoms with Crippen LogP contribution < -0.4 is 5.73 Å². The summed E-state index contributed by atoms with van der Waals surface area (Å²) in [7, 11) is 0. The van der Waals surface area contributed by atoms with Crippen LogP contribution in [0.15, 0.2) is 35.1 Å². The van der Waals surface area contributed by atoms with Crippen LogP contribution in [-0.2, 0) is 6.54 Å². The molecule has 1 heterocycles. The number of aromatic nitrogens is 2. The summed E-state index contributed by atoms with van der Waals surface area (Å²) in [5, 5.41) is 4.82. The SMILES string of the molecule is Nc1cccc(Cl)c1Cn1cc(Br)cn1. The van der Waals surface area contributed by atoms with Crippen LogP contribution in [-0.4, -0.2) is 9.78 Å². The Bertz CT molecular complexity index is 461. The van der Waals surface area contributed by atoms with Crippen LogP contribution in [0, 0.1) is 0 Å². The molecule has 0 bridgehead atoms. The highest BCUT2D eigenvalue weighted by molar-refractivity contribution is 9.10. The van der Waals surface area contributed by atoms with Crippen molar-refractivity contribution in [1.82, 2.24) is 9.78 Å². The van der Waals surface area contributed by atoms with E-state index in [1.807, 2.05) is 24.4 Å². The Hall–Kier alpha value is -1.00. The van der Waals surface area contributed by atoms with E-state index in [9.17, 15) is 0 Å². The second-order valence-electron chi connectivity index (χ2n) is 3.16. The van der Waals surface area contributed by atoms with E-state index in [0.717, 1.165) is 10.0 Å². The summed E-state index contributed by atoms with van der Waals surface area (Å²) in [6.45, 7) is 0.580. The van der Waals surface area contributed by atoms with Gasteiger partial charge >= 0.3 is 0 Å². The van der Waals surface area contributed by atoms with Crippen LogP contribution in [0.2, 0.25) is 5.02 Å². The summed E-state index contributed by atoms with van der Waals surface area (Å²) >= 11 is 9.39. The maximum absolute atomic E-state index is 6.05. The highest BCUT2D eigenvalue weighted by atomic mass is 79.9. The summed E-state index contributed by atoms with van der Waals surface area (Å²) in [6.07, 6.45) is 3.61. The molecule has 0 spiro atoms. The predicted molar refractivity (Wildman–Crippen MR) is 64.9 cm³/mol. The van der Waals surface area contributed by atoms with E-state index in [0.29, 0.717) is 17.3 Å². The zero-order valence-electron chi connectivity index (χ0n) is 7.82. The molecule has 0 atom stereocenters. The van der Waals surface area contributed by atoms with Gasteiger partial charge in [0.05, 0.1) is 17.2 Å². The Morgan fingerprint density at radius 2 is 2.27 bits per heavy atom. The summed E-state index contributed by atoms with van der Waals surface area (Å²) in [5.74, 6) is 0. The topological polar surface area (TPSA) is 43.8 Å². The average molecular weight is 287 g/mol. The van der Waals surface area contributed by atoms with Crippen LogP contribution >= 0.6 is 27.5 Å². The molecular formula is C10H9BrClN3. The maximum atomic E-state index is 6.05. The molecule has 0 saturated heterocycles. The molecule has 0 aliphatic heterocycles. The first-order chi connectivity index (χ1) is 7.16. The third-order valence-electron chi connectivity index (χ3n) is 2.08. The molecule has 0 fully saturated rings. The number of nitrogen functional groups attached to an aromatic ring is 1. The van der Waals surface area contributed by atoms with E-state index < -0.39 is 0 Å². The number of benzene rings is 1. The molecule has 2 aromatic rings. The average Bonchev–Trinajstić information content (AvgIpc) is 2.58. The number of hydrogen-bond donors (Lipinski definition) is 1. The first-order valence-electron chi connectivity index (χ1n) is 4.37. The van der Waals surface area contributed by atoms with E-state index in [2.05, 4.69) is 21.0 Å². The third kappa shape index (κ3) is 2.33. The first-order valence-corrected chi connectivity index (χ1v) is 5.55. The maximum Gasteiger partial charge on any atom is 0.0694 e. The van der Waals surface area contributed by atoms with E-state index in [1.165, 1.54) is 0 Å². The molecule has 0 saturated carbocycles. The number of nitrogens with zero attached hydrogens (tertiary/aromatic N) is 2. The van der Waals surface area contributed by atoms with Gasteiger partial charge in [-0.1, -0.05) is 17.7 Å². The fraction of sp³-hybridized carbons (Fsp3) is 0.100. The van der Waals surface area contributed by atoms with Crippen molar-refractivity contribution in [1.29, 1.82) is 0 Å². The minimum Gasteiger partial charge on any atom is -0.398 e. The van der Waals surface area contributed by atoms with Gasteiger partial charge in [-0.2, -0.15) is 5.10 Å². The largest absolute Gasteiger partial charge is 0.398 e. The Morgan fingerprint density at radius 1 is 1.47 bits per heavy atom. The highest BCUT2D eigenvalue weighted by Gasteiger charge is 2.05. The molecule has 0 aliphatic rings. The molecule has 1 aromatic heterocycles. The Morgan fingerprint density at radius 3 is 2.87 bits per heavy atom. The minimum atomic E-state index is 0.580. The van der Waals surface area contributed by atoms with Gasteiger partial charge in [-0.15, -0.1) is 0 Å². The lowest BCUT2D eigenvalue weighted by molar-refractivity contribution is 0.688. The summed E-state index contributed by atoms with van der Waals surface area (Å²) in [6, 6.07) is 5.49. The van der Waals surface area contributed by atoms with Crippen molar-refractivity contribution in [2.24, 2.45) is 0 Å². The fourth-order valence-electron chi connectivity index (χ4n) is 1.33. The Kier molecular flexibility index (Phi) is 2.98. The lowest BCUT2D eigenvalue weighted by atomic mass is 10.2. The van der Waals surface area contributed by atoms with Gasteiger partial charge in [0.25, 0.3) is 0 Å². The quantitative estimate of drug-likeness (QED) is 0.863. The zero-order chi connectivity index (χ0) is 10.8. The lowest BCUT2D eigenvalue weighted by Gasteiger charge is -2.07. The second kappa shape index (κ2) is 4.24. The molecule has 2 N–H and O–H groups in total. The highest BCUT2D eigenvalue weighted by Crippen LogP contribution is 2.23. The van der Waals surface area contributed by atoms with Crippen molar-refractivity contribution in [2.75, 3.05) is 5.73 Å². The molecule has 0 unspecified atom stereocenters. The van der Waals surface area contributed by atoms with Gasteiger partial charge < -0.3 is 5.73 Å². The summed E-state index contributed by atoms with van der Waals surface area (Å²) in [5.41, 5.74) is 7.43. The standard InChI is InChI=1S/C10H9BrClN3/c11-7-4-14-15(5-7)6-8-9(12)2-1-3-10(8)13/h1-5H,6,13H2. The molecule has 0 radical (unpaired) electrons. The summed E-state index contributed by atoms with van der Waals surface area (Å²) < 4.78 is 2.72. The van der Waals surface area contributed by atoms with Crippen molar-refractivity contribution in [2.45, 2.75) is 6.54 Å². The van der Waals surface area contributed by atoms with E-state index in [-0.39, 0.29) is 0 Å². The van der Waals surface area contributed by atoms with Crippen LogP contribution in [0.5, 0.6) is 0 Å². The van der Waals surface area contributed by atoms with Crippen molar-refractivity contribution in [3.63, 3.8) is 0 Å².